The molecule has 0 aliphatic heterocycles. The van der Waals surface area contributed by atoms with Crippen molar-refractivity contribution in [2.45, 2.75) is 40.7 Å². The average Bonchev–Trinajstić information content (AvgIpc) is 2.73. The minimum Gasteiger partial charge on any atom is -0.464 e. The van der Waals surface area contributed by atoms with Gasteiger partial charge in [0.1, 0.15) is 5.69 Å². The van der Waals surface area contributed by atoms with Gasteiger partial charge in [-0.1, -0.05) is 13.8 Å². The fourth-order valence-corrected chi connectivity index (χ4v) is 2.57. The number of hydrogen-bond acceptors (Lipinski definition) is 4. The first kappa shape index (κ1) is 16.4. The number of aromatic nitrogens is 1. The zero-order valence-corrected chi connectivity index (χ0v) is 13.2. The number of carbonyl (C=O) groups excluding carboxylic acids is 2. The number of esters is 1. The number of aromatic amines is 1. The zero-order valence-electron chi connectivity index (χ0n) is 13.2. The highest BCUT2D eigenvalue weighted by atomic mass is 16.5. The Kier molecular flexibility index (Phi) is 5.51. The summed E-state index contributed by atoms with van der Waals surface area (Å²) in [7, 11) is 1.33. The second kappa shape index (κ2) is 6.70. The van der Waals surface area contributed by atoms with E-state index in [1.165, 1.54) is 7.11 Å². The van der Waals surface area contributed by atoms with Gasteiger partial charge in [0.25, 0.3) is 0 Å². The lowest BCUT2D eigenvalue weighted by Crippen LogP contribution is -2.39. The lowest BCUT2D eigenvalue weighted by molar-refractivity contribution is 0.0594. The van der Waals surface area contributed by atoms with Crippen LogP contribution in [0.1, 0.15) is 52.9 Å². The molecule has 1 unspecified atom stereocenters. The van der Waals surface area contributed by atoms with Crippen molar-refractivity contribution in [2.75, 3.05) is 20.2 Å². The third kappa shape index (κ3) is 2.93. The van der Waals surface area contributed by atoms with Gasteiger partial charge in [0.15, 0.2) is 5.78 Å². The summed E-state index contributed by atoms with van der Waals surface area (Å²) in [6, 6.07) is -0.205. The number of rotatable bonds is 6. The molecule has 0 aromatic carbocycles. The summed E-state index contributed by atoms with van der Waals surface area (Å²) in [6.07, 6.45) is 0. The predicted molar refractivity (Wildman–Crippen MR) is 78.3 cm³/mol. The summed E-state index contributed by atoms with van der Waals surface area (Å²) in [5.41, 5.74) is 2.34. The molecule has 1 aromatic heterocycles. The van der Waals surface area contributed by atoms with Crippen LogP contribution >= 0.6 is 0 Å². The lowest BCUT2D eigenvalue weighted by atomic mass is 10.00. The van der Waals surface area contributed by atoms with Crippen molar-refractivity contribution in [3.05, 3.63) is 22.5 Å². The van der Waals surface area contributed by atoms with Crippen LogP contribution in [0.3, 0.4) is 0 Å². The summed E-state index contributed by atoms with van der Waals surface area (Å²) in [5.74, 6) is -0.407. The van der Waals surface area contributed by atoms with Crippen LogP contribution in [0.4, 0.5) is 0 Å². The van der Waals surface area contributed by atoms with Crippen LogP contribution < -0.4 is 0 Å². The maximum Gasteiger partial charge on any atom is 0.354 e. The number of Topliss-reactive ketones (excluding diaryl/α,β-unsaturated/α-hetero) is 1. The molecular weight excluding hydrogens is 256 g/mol. The van der Waals surface area contributed by atoms with E-state index in [2.05, 4.69) is 9.88 Å². The summed E-state index contributed by atoms with van der Waals surface area (Å²) in [5, 5.41) is 0. The summed E-state index contributed by atoms with van der Waals surface area (Å²) < 4.78 is 4.72. The quantitative estimate of drug-likeness (QED) is 0.641. The minimum atomic E-state index is -0.444. The Balaban J connectivity index is 3.17. The van der Waals surface area contributed by atoms with Gasteiger partial charge in [-0.3, -0.25) is 9.69 Å². The SMILES string of the molecule is CCN(CC)C(C)C(=O)c1c(C)[nH]c(C(=O)OC)c1C. The highest BCUT2D eigenvalue weighted by Gasteiger charge is 2.27. The third-order valence-electron chi connectivity index (χ3n) is 3.81. The highest BCUT2D eigenvalue weighted by molar-refractivity contribution is 6.05. The molecule has 1 aromatic rings. The van der Waals surface area contributed by atoms with Crippen molar-refractivity contribution in [1.82, 2.24) is 9.88 Å². The summed E-state index contributed by atoms with van der Waals surface area (Å²) in [4.78, 5) is 29.4. The monoisotopic (exact) mass is 280 g/mol. The smallest absolute Gasteiger partial charge is 0.354 e. The van der Waals surface area contributed by atoms with Crippen LogP contribution in [0, 0.1) is 13.8 Å². The zero-order chi connectivity index (χ0) is 15.4. The van der Waals surface area contributed by atoms with Gasteiger partial charge in [-0.2, -0.15) is 0 Å². The fourth-order valence-electron chi connectivity index (χ4n) is 2.57. The molecule has 112 valence electrons. The fraction of sp³-hybridized carbons (Fsp3) is 0.600. The molecule has 5 heteroatoms. The molecule has 1 N–H and O–H groups in total. The number of nitrogens with one attached hydrogen (secondary N) is 1. The van der Waals surface area contributed by atoms with Gasteiger partial charge in [0.05, 0.1) is 13.2 Å². The number of methoxy groups -OCH3 is 1. The molecule has 20 heavy (non-hydrogen) atoms. The van der Waals surface area contributed by atoms with Crippen LogP contribution in [0.5, 0.6) is 0 Å². The molecule has 0 aliphatic rings. The predicted octanol–water partition coefficient (Wildman–Crippen LogP) is 2.33. The summed E-state index contributed by atoms with van der Waals surface area (Å²) in [6.45, 7) is 11.2. The standard InChI is InChI=1S/C15H24N2O3/c1-7-17(8-2)11(5)14(18)12-9(3)13(15(19)20-6)16-10(12)4/h11,16H,7-8H2,1-6H3. The van der Waals surface area contributed by atoms with Crippen LogP contribution in [0.2, 0.25) is 0 Å². The number of H-pyrrole nitrogens is 1. The normalized spacial score (nSPS) is 12.6. The molecule has 0 amide bonds. The first-order valence-electron chi connectivity index (χ1n) is 6.94. The number of ketones is 1. The molecule has 0 bridgehead atoms. The van der Waals surface area contributed by atoms with Crippen LogP contribution in [0.25, 0.3) is 0 Å². The van der Waals surface area contributed by atoms with Crippen molar-refractivity contribution >= 4 is 11.8 Å². The number of ether oxygens (including phenoxy) is 1. The van der Waals surface area contributed by atoms with Crippen molar-refractivity contribution in [3.8, 4) is 0 Å². The Hall–Kier alpha value is -1.62. The molecule has 0 radical (unpaired) electrons. The Morgan fingerprint density at radius 3 is 2.25 bits per heavy atom. The van der Waals surface area contributed by atoms with E-state index in [1.807, 2.05) is 27.7 Å². The van der Waals surface area contributed by atoms with E-state index >= 15 is 0 Å². The molecule has 0 spiro atoms. The Bertz CT molecular complexity index is 501. The van der Waals surface area contributed by atoms with E-state index in [9.17, 15) is 9.59 Å². The van der Waals surface area contributed by atoms with Gasteiger partial charge in [0, 0.05) is 11.3 Å². The molecule has 0 aliphatic carbocycles. The van der Waals surface area contributed by atoms with E-state index < -0.39 is 5.97 Å². The lowest BCUT2D eigenvalue weighted by Gasteiger charge is -2.25. The van der Waals surface area contributed by atoms with Crippen LogP contribution in [-0.2, 0) is 4.74 Å². The second-order valence-corrected chi connectivity index (χ2v) is 4.88. The Labute approximate surface area is 120 Å². The van der Waals surface area contributed by atoms with Crippen molar-refractivity contribution in [1.29, 1.82) is 0 Å². The molecule has 5 nitrogen and oxygen atoms in total. The van der Waals surface area contributed by atoms with Crippen LogP contribution in [-0.4, -0.2) is 47.9 Å². The summed E-state index contributed by atoms with van der Waals surface area (Å²) >= 11 is 0. The van der Waals surface area contributed by atoms with E-state index in [0.29, 0.717) is 22.5 Å². The molecule has 1 rings (SSSR count). The second-order valence-electron chi connectivity index (χ2n) is 4.88. The molecule has 1 heterocycles. The molecule has 0 saturated carbocycles. The molecule has 1 atom stereocenters. The Morgan fingerprint density at radius 1 is 1.25 bits per heavy atom. The van der Waals surface area contributed by atoms with E-state index in [-0.39, 0.29) is 11.8 Å². The van der Waals surface area contributed by atoms with E-state index in [1.54, 1.807) is 6.92 Å². The van der Waals surface area contributed by atoms with Crippen molar-refractivity contribution in [2.24, 2.45) is 0 Å². The first-order valence-corrected chi connectivity index (χ1v) is 6.94. The molecular formula is C15H24N2O3. The van der Waals surface area contributed by atoms with Gasteiger partial charge in [-0.05, 0) is 39.4 Å². The van der Waals surface area contributed by atoms with Gasteiger partial charge in [0.2, 0.25) is 0 Å². The van der Waals surface area contributed by atoms with Gasteiger partial charge >= 0.3 is 5.97 Å². The topological polar surface area (TPSA) is 62.4 Å². The van der Waals surface area contributed by atoms with Gasteiger partial charge in [-0.15, -0.1) is 0 Å². The highest BCUT2D eigenvalue weighted by Crippen LogP contribution is 2.21. The third-order valence-corrected chi connectivity index (χ3v) is 3.81. The van der Waals surface area contributed by atoms with Gasteiger partial charge < -0.3 is 9.72 Å². The first-order chi connectivity index (χ1) is 9.38. The number of aryl methyl sites for hydroxylation is 1. The van der Waals surface area contributed by atoms with E-state index in [4.69, 9.17) is 4.74 Å². The average molecular weight is 280 g/mol. The molecule has 0 fully saturated rings. The van der Waals surface area contributed by atoms with Gasteiger partial charge in [-0.25, -0.2) is 4.79 Å². The number of likely N-dealkylation sites (N-methyl/N-ethyl adjacent to an activating group) is 1. The number of carbonyl (C=O) groups is 2. The minimum absolute atomic E-state index is 0.0371. The molecule has 0 saturated heterocycles. The maximum atomic E-state index is 12.7. The van der Waals surface area contributed by atoms with Crippen LogP contribution in [0.15, 0.2) is 0 Å². The largest absolute Gasteiger partial charge is 0.464 e. The van der Waals surface area contributed by atoms with Crippen molar-refractivity contribution < 1.29 is 14.3 Å². The number of hydrogen-bond donors (Lipinski definition) is 1. The number of nitrogens with zero attached hydrogens (tertiary/aromatic N) is 1. The van der Waals surface area contributed by atoms with E-state index in [0.717, 1.165) is 13.1 Å². The Morgan fingerprint density at radius 2 is 1.80 bits per heavy atom. The van der Waals surface area contributed by atoms with Crippen molar-refractivity contribution in [3.63, 3.8) is 0 Å². The maximum absolute atomic E-state index is 12.7.